The number of nitrogens with one attached hydrogen (secondary N) is 2. The minimum atomic E-state index is -0.536. The van der Waals surface area contributed by atoms with E-state index in [0.717, 1.165) is 11.3 Å². The molecule has 6 heteroatoms. The maximum absolute atomic E-state index is 13.2. The van der Waals surface area contributed by atoms with Crippen LogP contribution in [0.2, 0.25) is 5.02 Å². The quantitative estimate of drug-likeness (QED) is 0.678. The maximum atomic E-state index is 13.2. The molecule has 0 spiro atoms. The maximum Gasteiger partial charge on any atom is 0.257 e. The van der Waals surface area contributed by atoms with Gasteiger partial charge in [0.2, 0.25) is 0 Å². The highest BCUT2D eigenvalue weighted by atomic mass is 35.5. The van der Waals surface area contributed by atoms with E-state index in [4.69, 9.17) is 11.6 Å². The van der Waals surface area contributed by atoms with E-state index < -0.39 is 5.82 Å². The van der Waals surface area contributed by atoms with E-state index in [2.05, 4.69) is 15.6 Å². The number of pyridine rings is 1. The monoisotopic (exact) mass is 355 g/mol. The van der Waals surface area contributed by atoms with Crippen molar-refractivity contribution in [1.82, 2.24) is 4.98 Å². The van der Waals surface area contributed by atoms with Crippen LogP contribution in [0, 0.1) is 12.7 Å². The molecule has 1 amide bonds. The normalized spacial score (nSPS) is 10.4. The topological polar surface area (TPSA) is 54.0 Å². The zero-order chi connectivity index (χ0) is 17.8. The van der Waals surface area contributed by atoms with Crippen LogP contribution >= 0.6 is 11.6 Å². The predicted molar refractivity (Wildman–Crippen MR) is 98.1 cm³/mol. The molecule has 0 radical (unpaired) electrons. The van der Waals surface area contributed by atoms with Crippen molar-refractivity contribution in [3.63, 3.8) is 0 Å². The lowest BCUT2D eigenvalue weighted by atomic mass is 10.2. The molecule has 1 aromatic heterocycles. The number of halogens is 2. The van der Waals surface area contributed by atoms with Gasteiger partial charge < -0.3 is 10.6 Å². The van der Waals surface area contributed by atoms with Gasteiger partial charge in [-0.05, 0) is 43.3 Å². The number of carbonyl (C=O) groups excluding carboxylic acids is 1. The highest BCUT2D eigenvalue weighted by Crippen LogP contribution is 2.21. The van der Waals surface area contributed by atoms with Crippen LogP contribution in [-0.4, -0.2) is 10.9 Å². The summed E-state index contributed by atoms with van der Waals surface area (Å²) in [6, 6.07) is 13.6. The molecule has 3 rings (SSSR count). The van der Waals surface area contributed by atoms with E-state index >= 15 is 0 Å². The fraction of sp³-hybridized carbons (Fsp3) is 0.0526. The number of hydrogen-bond donors (Lipinski definition) is 2. The lowest BCUT2D eigenvalue weighted by molar-refractivity contribution is 0.102. The molecule has 0 aliphatic carbocycles. The lowest BCUT2D eigenvalue weighted by Gasteiger charge is -2.09. The first kappa shape index (κ1) is 16.9. The predicted octanol–water partition coefficient (Wildman–Crippen LogP) is 5.18. The average molecular weight is 356 g/mol. The lowest BCUT2D eigenvalue weighted by Crippen LogP contribution is -2.12. The number of rotatable bonds is 4. The third-order valence-corrected chi connectivity index (χ3v) is 3.81. The third kappa shape index (κ3) is 4.33. The number of nitrogens with zero attached hydrogens (tertiary/aromatic N) is 1. The van der Waals surface area contributed by atoms with E-state index in [1.165, 1.54) is 24.4 Å². The standard InChI is InChI=1S/C19H15ClFN3O/c1-12-2-4-14(5-3-12)23-16-8-13(10-22-11-16)19(25)24-15-6-7-18(21)17(20)9-15/h2-11,23H,1H3,(H,24,25). The summed E-state index contributed by atoms with van der Waals surface area (Å²) in [5, 5.41) is 5.81. The Morgan fingerprint density at radius 1 is 1.00 bits per heavy atom. The second kappa shape index (κ2) is 7.32. The summed E-state index contributed by atoms with van der Waals surface area (Å²) in [6.07, 6.45) is 3.09. The number of carbonyl (C=O) groups is 1. The van der Waals surface area contributed by atoms with Crippen molar-refractivity contribution in [1.29, 1.82) is 0 Å². The molecule has 126 valence electrons. The van der Waals surface area contributed by atoms with Crippen LogP contribution in [0.5, 0.6) is 0 Å². The van der Waals surface area contributed by atoms with Crippen LogP contribution in [0.1, 0.15) is 15.9 Å². The molecule has 0 fully saturated rings. The molecule has 3 aromatic rings. The van der Waals surface area contributed by atoms with Gasteiger partial charge in [0.1, 0.15) is 5.82 Å². The smallest absolute Gasteiger partial charge is 0.257 e. The zero-order valence-corrected chi connectivity index (χ0v) is 14.1. The second-order valence-electron chi connectivity index (χ2n) is 5.54. The van der Waals surface area contributed by atoms with Gasteiger partial charge in [-0.1, -0.05) is 29.3 Å². The van der Waals surface area contributed by atoms with Crippen molar-refractivity contribution in [3.8, 4) is 0 Å². The number of aryl methyl sites for hydroxylation is 1. The SMILES string of the molecule is Cc1ccc(Nc2cncc(C(=O)Nc3ccc(F)c(Cl)c3)c2)cc1. The molecule has 0 saturated carbocycles. The van der Waals surface area contributed by atoms with Gasteiger partial charge in [-0.2, -0.15) is 0 Å². The average Bonchev–Trinajstić information content (AvgIpc) is 2.60. The van der Waals surface area contributed by atoms with Crippen molar-refractivity contribution in [2.45, 2.75) is 6.92 Å². The molecule has 0 unspecified atom stereocenters. The summed E-state index contributed by atoms with van der Waals surface area (Å²) in [4.78, 5) is 16.4. The Labute approximate surface area is 149 Å². The van der Waals surface area contributed by atoms with Crippen molar-refractivity contribution >= 4 is 34.6 Å². The number of aromatic nitrogens is 1. The van der Waals surface area contributed by atoms with Gasteiger partial charge in [0, 0.05) is 17.6 Å². The van der Waals surface area contributed by atoms with Gasteiger partial charge in [-0.15, -0.1) is 0 Å². The van der Waals surface area contributed by atoms with Crippen LogP contribution in [0.4, 0.5) is 21.5 Å². The largest absolute Gasteiger partial charge is 0.354 e. The fourth-order valence-electron chi connectivity index (χ4n) is 2.21. The van der Waals surface area contributed by atoms with E-state index in [-0.39, 0.29) is 10.9 Å². The van der Waals surface area contributed by atoms with Crippen LogP contribution < -0.4 is 10.6 Å². The van der Waals surface area contributed by atoms with Crippen LogP contribution in [-0.2, 0) is 0 Å². The van der Waals surface area contributed by atoms with Crippen molar-refractivity contribution in [2.24, 2.45) is 0 Å². The Bertz CT molecular complexity index is 913. The highest BCUT2D eigenvalue weighted by molar-refractivity contribution is 6.31. The molecule has 0 bridgehead atoms. The Balaban J connectivity index is 1.74. The molecule has 4 nitrogen and oxygen atoms in total. The van der Waals surface area contributed by atoms with E-state index in [1.54, 1.807) is 12.3 Å². The van der Waals surface area contributed by atoms with Crippen molar-refractivity contribution in [3.05, 3.63) is 82.9 Å². The van der Waals surface area contributed by atoms with Crippen LogP contribution in [0.3, 0.4) is 0 Å². The van der Waals surface area contributed by atoms with E-state index in [0.29, 0.717) is 16.9 Å². The molecule has 0 atom stereocenters. The summed E-state index contributed by atoms with van der Waals surface area (Å²) >= 11 is 5.72. The van der Waals surface area contributed by atoms with Gasteiger partial charge in [-0.3, -0.25) is 9.78 Å². The molecular formula is C19H15ClFN3O. The minimum Gasteiger partial charge on any atom is -0.354 e. The Kier molecular flexibility index (Phi) is 4.95. The molecule has 0 saturated heterocycles. The fourth-order valence-corrected chi connectivity index (χ4v) is 2.39. The molecule has 0 aliphatic heterocycles. The molecule has 2 N–H and O–H groups in total. The van der Waals surface area contributed by atoms with Crippen molar-refractivity contribution in [2.75, 3.05) is 10.6 Å². The highest BCUT2D eigenvalue weighted by Gasteiger charge is 2.09. The van der Waals surface area contributed by atoms with Crippen LogP contribution in [0.15, 0.2) is 60.9 Å². The molecular weight excluding hydrogens is 341 g/mol. The van der Waals surface area contributed by atoms with E-state index in [9.17, 15) is 9.18 Å². The second-order valence-corrected chi connectivity index (χ2v) is 5.94. The summed E-state index contributed by atoms with van der Waals surface area (Å²) < 4.78 is 13.2. The summed E-state index contributed by atoms with van der Waals surface area (Å²) in [7, 11) is 0. The van der Waals surface area contributed by atoms with E-state index in [1.807, 2.05) is 31.2 Å². The molecule has 0 aliphatic rings. The first-order valence-corrected chi connectivity index (χ1v) is 7.94. The summed E-state index contributed by atoms with van der Waals surface area (Å²) in [5.74, 6) is -0.895. The number of hydrogen-bond acceptors (Lipinski definition) is 3. The first-order chi connectivity index (χ1) is 12.0. The Morgan fingerprint density at radius 3 is 2.44 bits per heavy atom. The third-order valence-electron chi connectivity index (χ3n) is 3.52. The van der Waals surface area contributed by atoms with Crippen molar-refractivity contribution < 1.29 is 9.18 Å². The van der Waals surface area contributed by atoms with Gasteiger partial charge in [0.05, 0.1) is 22.5 Å². The Morgan fingerprint density at radius 2 is 1.72 bits per heavy atom. The van der Waals surface area contributed by atoms with Gasteiger partial charge in [0.15, 0.2) is 0 Å². The zero-order valence-electron chi connectivity index (χ0n) is 13.4. The van der Waals surface area contributed by atoms with Gasteiger partial charge >= 0.3 is 0 Å². The number of benzene rings is 2. The summed E-state index contributed by atoms with van der Waals surface area (Å²) in [5.41, 5.74) is 3.53. The summed E-state index contributed by atoms with van der Waals surface area (Å²) in [6.45, 7) is 2.01. The minimum absolute atomic E-state index is 0.0503. The molecule has 2 aromatic carbocycles. The first-order valence-electron chi connectivity index (χ1n) is 7.56. The Hall–Kier alpha value is -2.92. The molecule has 1 heterocycles. The molecule has 25 heavy (non-hydrogen) atoms. The van der Waals surface area contributed by atoms with Gasteiger partial charge in [-0.25, -0.2) is 4.39 Å². The number of amides is 1. The van der Waals surface area contributed by atoms with Crippen LogP contribution in [0.25, 0.3) is 0 Å². The van der Waals surface area contributed by atoms with Gasteiger partial charge in [0.25, 0.3) is 5.91 Å². The number of anilines is 3.